The van der Waals surface area contributed by atoms with Gasteiger partial charge in [0.15, 0.2) is 17.3 Å². The third kappa shape index (κ3) is 6.01. The Hall–Kier alpha value is -4.07. The van der Waals surface area contributed by atoms with E-state index in [9.17, 15) is 14.4 Å². The second kappa shape index (κ2) is 12.2. The third-order valence-corrected chi connectivity index (χ3v) is 8.07. The van der Waals surface area contributed by atoms with Crippen molar-refractivity contribution in [1.82, 2.24) is 5.32 Å². The third-order valence-electron chi connectivity index (χ3n) is 8.07. The smallest absolute Gasteiger partial charge is 0.337 e. The van der Waals surface area contributed by atoms with E-state index in [4.69, 9.17) is 18.9 Å². The number of hydrogen-bond acceptors (Lipinski definition) is 8. The van der Waals surface area contributed by atoms with E-state index < -0.39 is 17.9 Å². The summed E-state index contributed by atoms with van der Waals surface area (Å²) in [4.78, 5) is 39.4. The van der Waals surface area contributed by atoms with E-state index in [2.05, 4.69) is 5.32 Å². The Morgan fingerprint density at radius 3 is 2.34 bits per heavy atom. The first-order valence-corrected chi connectivity index (χ1v) is 14.3. The van der Waals surface area contributed by atoms with Gasteiger partial charge in [-0.2, -0.15) is 0 Å². The first-order valence-electron chi connectivity index (χ1n) is 14.3. The molecule has 0 aromatic heterocycles. The number of hydrogen-bond donors (Lipinski definition) is 1. The van der Waals surface area contributed by atoms with Crippen LogP contribution in [0.5, 0.6) is 17.2 Å². The molecule has 5 rings (SSSR count). The molecule has 2 atom stereocenters. The van der Waals surface area contributed by atoms with Gasteiger partial charge in [-0.25, -0.2) is 4.79 Å². The number of Topliss-reactive ketones (excluding diaryl/α,β-unsaturated/α-hetero) is 1. The number of carbonyl (C=O) groups is 3. The maximum Gasteiger partial charge on any atom is 0.337 e. The number of benzene rings is 2. The highest BCUT2D eigenvalue weighted by atomic mass is 16.6. The molecule has 1 fully saturated rings. The van der Waals surface area contributed by atoms with Crippen LogP contribution < -0.4 is 19.5 Å². The molecule has 2 aromatic rings. The van der Waals surface area contributed by atoms with Crippen molar-refractivity contribution in [2.24, 2.45) is 0 Å². The van der Waals surface area contributed by atoms with Crippen LogP contribution in [0.4, 0.5) is 0 Å². The molecule has 1 saturated carbocycles. The lowest BCUT2D eigenvalue weighted by Crippen LogP contribution is -2.36. The molecule has 2 aliphatic carbocycles. The van der Waals surface area contributed by atoms with Crippen LogP contribution in [0.1, 0.15) is 82.3 Å². The molecule has 41 heavy (non-hydrogen) atoms. The zero-order valence-corrected chi connectivity index (χ0v) is 24.1. The van der Waals surface area contributed by atoms with Crippen LogP contribution in [0.3, 0.4) is 0 Å². The first kappa shape index (κ1) is 28.5. The lowest BCUT2D eigenvalue weighted by molar-refractivity contribution is -0.144. The number of rotatable bonds is 8. The van der Waals surface area contributed by atoms with Crippen molar-refractivity contribution in [1.29, 1.82) is 0 Å². The monoisotopic (exact) mass is 559 g/mol. The molecule has 1 heterocycles. The molecular weight excluding hydrogens is 522 g/mol. The van der Waals surface area contributed by atoms with Crippen LogP contribution in [-0.2, 0) is 19.1 Å². The van der Waals surface area contributed by atoms with Gasteiger partial charge in [0.25, 0.3) is 0 Å². The number of ether oxygens (including phenoxy) is 4. The van der Waals surface area contributed by atoms with E-state index in [1.54, 1.807) is 25.3 Å². The van der Waals surface area contributed by atoms with Gasteiger partial charge in [-0.1, -0.05) is 18.2 Å². The quantitative estimate of drug-likeness (QED) is 0.317. The van der Waals surface area contributed by atoms with Crippen LogP contribution in [0, 0.1) is 0 Å². The van der Waals surface area contributed by atoms with Gasteiger partial charge in [-0.3, -0.25) is 9.59 Å². The van der Waals surface area contributed by atoms with Gasteiger partial charge in [0.1, 0.15) is 11.9 Å². The number of dihydropyridines is 1. The Morgan fingerprint density at radius 2 is 1.68 bits per heavy atom. The van der Waals surface area contributed by atoms with Crippen LogP contribution in [-0.4, -0.2) is 37.5 Å². The van der Waals surface area contributed by atoms with E-state index in [-0.39, 0.29) is 23.6 Å². The summed E-state index contributed by atoms with van der Waals surface area (Å²) >= 11 is 0. The van der Waals surface area contributed by atoms with Crippen LogP contribution in [0.2, 0.25) is 0 Å². The predicted molar refractivity (Wildman–Crippen MR) is 153 cm³/mol. The van der Waals surface area contributed by atoms with Gasteiger partial charge >= 0.3 is 11.9 Å². The van der Waals surface area contributed by atoms with E-state index in [0.717, 1.165) is 42.7 Å². The first-order chi connectivity index (χ1) is 19.8. The van der Waals surface area contributed by atoms with Crippen molar-refractivity contribution >= 4 is 17.7 Å². The number of methoxy groups -OCH3 is 1. The minimum Gasteiger partial charge on any atom is -0.497 e. The molecule has 1 N–H and O–H groups in total. The lowest BCUT2D eigenvalue weighted by atomic mass is 9.71. The fourth-order valence-corrected chi connectivity index (χ4v) is 6.19. The number of nitrogens with one attached hydrogen (secondary N) is 1. The Labute approximate surface area is 240 Å². The van der Waals surface area contributed by atoms with Crippen LogP contribution >= 0.6 is 0 Å². The minimum atomic E-state index is -0.643. The van der Waals surface area contributed by atoms with Crippen molar-refractivity contribution in [3.63, 3.8) is 0 Å². The summed E-state index contributed by atoms with van der Waals surface area (Å²) in [5.41, 5.74) is 4.23. The van der Waals surface area contributed by atoms with Crippen molar-refractivity contribution in [2.45, 2.75) is 77.2 Å². The molecule has 216 valence electrons. The van der Waals surface area contributed by atoms with Gasteiger partial charge in [0, 0.05) is 36.2 Å². The summed E-state index contributed by atoms with van der Waals surface area (Å²) in [5, 5.41) is 3.42. The zero-order chi connectivity index (χ0) is 29.1. The number of allylic oxidation sites excluding steroid dienone is 3. The fraction of sp³-hybridized carbons (Fsp3) is 0.424. The molecule has 2 aromatic carbocycles. The van der Waals surface area contributed by atoms with Gasteiger partial charge in [0.05, 0.1) is 19.3 Å². The number of ketones is 1. The number of esters is 2. The summed E-state index contributed by atoms with van der Waals surface area (Å²) in [6.07, 6.45) is 4.58. The molecule has 0 unspecified atom stereocenters. The maximum atomic E-state index is 14.0. The van der Waals surface area contributed by atoms with Crippen molar-refractivity contribution in [3.05, 3.63) is 76.1 Å². The standard InChI is InChI=1S/C33H37NO7/c1-5-39-29-18-22(12-15-28(29)40-20(3)35)31-30(33(37)41-25-8-6-7-9-25)19(2)34-26-16-23(17-27(36)32(26)31)21-10-13-24(38-4)14-11-21/h10-15,18,23,25,31,34H,5-9,16-17H2,1-4H3/t23-,31+/m1/s1. The van der Waals surface area contributed by atoms with E-state index >= 15 is 0 Å². The predicted octanol–water partition coefficient (Wildman–Crippen LogP) is 5.87. The molecule has 0 radical (unpaired) electrons. The molecule has 8 nitrogen and oxygen atoms in total. The van der Waals surface area contributed by atoms with Crippen LogP contribution in [0.25, 0.3) is 0 Å². The molecule has 0 bridgehead atoms. The Kier molecular flexibility index (Phi) is 8.47. The zero-order valence-electron chi connectivity index (χ0n) is 24.1. The fourth-order valence-electron chi connectivity index (χ4n) is 6.19. The second-order valence-corrected chi connectivity index (χ2v) is 10.8. The normalized spacial score (nSPS) is 20.8. The Morgan fingerprint density at radius 1 is 0.976 bits per heavy atom. The van der Waals surface area contributed by atoms with E-state index in [0.29, 0.717) is 47.6 Å². The van der Waals surface area contributed by atoms with E-state index in [1.165, 1.54) is 6.92 Å². The van der Waals surface area contributed by atoms with Gasteiger partial charge in [0.2, 0.25) is 0 Å². The Balaban J connectivity index is 1.57. The molecule has 1 aliphatic heterocycles. The summed E-state index contributed by atoms with van der Waals surface area (Å²) in [6.45, 7) is 5.39. The summed E-state index contributed by atoms with van der Waals surface area (Å²) in [7, 11) is 1.63. The molecule has 8 heteroatoms. The highest BCUT2D eigenvalue weighted by molar-refractivity contribution is 6.04. The largest absolute Gasteiger partial charge is 0.497 e. The van der Waals surface area contributed by atoms with Crippen molar-refractivity contribution in [3.8, 4) is 17.2 Å². The van der Waals surface area contributed by atoms with Gasteiger partial charge in [-0.15, -0.1) is 0 Å². The highest BCUT2D eigenvalue weighted by Crippen LogP contribution is 2.47. The second-order valence-electron chi connectivity index (χ2n) is 10.8. The lowest BCUT2D eigenvalue weighted by Gasteiger charge is -2.37. The Bertz CT molecular complexity index is 1400. The molecule has 3 aliphatic rings. The summed E-state index contributed by atoms with van der Waals surface area (Å²) in [6, 6.07) is 13.0. The maximum absolute atomic E-state index is 14.0. The number of carbonyl (C=O) groups excluding carboxylic acids is 3. The average Bonchev–Trinajstić information content (AvgIpc) is 3.46. The summed E-state index contributed by atoms with van der Waals surface area (Å²) < 4.78 is 22.5. The highest BCUT2D eigenvalue weighted by Gasteiger charge is 2.42. The SMILES string of the molecule is CCOc1cc([C@H]2C(C(=O)OC3CCCC3)=C(C)NC3=C2C(=O)C[C@H](c2ccc(OC)cc2)C3)ccc1OC(C)=O. The molecule has 0 amide bonds. The average molecular weight is 560 g/mol. The summed E-state index contributed by atoms with van der Waals surface area (Å²) in [5.74, 6) is -0.124. The van der Waals surface area contributed by atoms with Crippen molar-refractivity contribution < 1.29 is 33.3 Å². The van der Waals surface area contributed by atoms with Gasteiger partial charge < -0.3 is 24.3 Å². The molecule has 0 saturated heterocycles. The minimum absolute atomic E-state index is 0.00887. The van der Waals surface area contributed by atoms with Crippen molar-refractivity contribution in [2.75, 3.05) is 13.7 Å². The van der Waals surface area contributed by atoms with Crippen LogP contribution in [0.15, 0.2) is 65.0 Å². The van der Waals surface area contributed by atoms with E-state index in [1.807, 2.05) is 38.1 Å². The van der Waals surface area contributed by atoms with Gasteiger partial charge in [-0.05, 0) is 87.3 Å². The molecular formula is C33H37NO7. The molecule has 0 spiro atoms. The topological polar surface area (TPSA) is 100 Å².